The molecule has 0 radical (unpaired) electrons. The number of carbonyl (C=O) groups is 1. The van der Waals surface area contributed by atoms with Crippen molar-refractivity contribution in [2.75, 3.05) is 19.6 Å². The van der Waals surface area contributed by atoms with Crippen LogP contribution in [0.2, 0.25) is 10.0 Å². The van der Waals surface area contributed by atoms with E-state index in [-0.39, 0.29) is 22.9 Å². The van der Waals surface area contributed by atoms with Gasteiger partial charge in [0.15, 0.2) is 0 Å². The maximum Gasteiger partial charge on any atom is 0.259 e. The SMILES string of the molecule is Cc1cc(/C=N\NC(=O)[C@H]2CN(S(=O)(=O)c3ccccc3)CCN2S(=O)(=O)c2ccccc2)c(C)n1-c1ccc(Cl)c(Cl)c1. The van der Waals surface area contributed by atoms with Crippen molar-refractivity contribution in [2.24, 2.45) is 5.10 Å². The van der Waals surface area contributed by atoms with E-state index in [0.717, 1.165) is 25.7 Å². The Morgan fingerprint density at radius 3 is 2.07 bits per heavy atom. The Morgan fingerprint density at radius 2 is 1.45 bits per heavy atom. The third-order valence-electron chi connectivity index (χ3n) is 7.34. The predicted octanol–water partition coefficient (Wildman–Crippen LogP) is 4.62. The molecule has 14 heteroatoms. The second-order valence-corrected chi connectivity index (χ2v) is 14.8. The van der Waals surface area contributed by atoms with Crippen LogP contribution in [0.1, 0.15) is 17.0 Å². The van der Waals surface area contributed by atoms with E-state index in [1.54, 1.807) is 48.5 Å². The molecule has 1 aromatic heterocycles. The molecule has 3 aromatic carbocycles. The summed E-state index contributed by atoms with van der Waals surface area (Å²) in [5, 5.41) is 4.96. The summed E-state index contributed by atoms with van der Waals surface area (Å²) >= 11 is 12.3. The topological polar surface area (TPSA) is 121 Å². The van der Waals surface area contributed by atoms with E-state index in [4.69, 9.17) is 23.2 Å². The van der Waals surface area contributed by atoms with Gasteiger partial charge in [0.2, 0.25) is 20.0 Å². The number of hydrazone groups is 1. The lowest BCUT2D eigenvalue weighted by Gasteiger charge is -2.38. The molecule has 44 heavy (non-hydrogen) atoms. The summed E-state index contributed by atoms with van der Waals surface area (Å²) in [5.41, 5.74) is 5.61. The van der Waals surface area contributed by atoms with Crippen LogP contribution in [0, 0.1) is 13.8 Å². The van der Waals surface area contributed by atoms with Crippen molar-refractivity contribution < 1.29 is 21.6 Å². The van der Waals surface area contributed by atoms with Crippen LogP contribution >= 0.6 is 23.2 Å². The number of hydrogen-bond acceptors (Lipinski definition) is 6. The summed E-state index contributed by atoms with van der Waals surface area (Å²) in [6.07, 6.45) is 1.45. The van der Waals surface area contributed by atoms with Gasteiger partial charge in [0, 0.05) is 42.3 Å². The maximum absolute atomic E-state index is 13.6. The molecule has 0 aliphatic carbocycles. The summed E-state index contributed by atoms with van der Waals surface area (Å²) in [7, 11) is -8.13. The number of benzene rings is 3. The van der Waals surface area contributed by atoms with Gasteiger partial charge in [-0.05, 0) is 62.4 Å². The van der Waals surface area contributed by atoms with Crippen LogP contribution in [0.4, 0.5) is 0 Å². The number of amides is 1. The largest absolute Gasteiger partial charge is 0.318 e. The fourth-order valence-electron chi connectivity index (χ4n) is 5.11. The number of rotatable bonds is 8. The molecule has 0 unspecified atom stereocenters. The Kier molecular flexibility index (Phi) is 9.30. The summed E-state index contributed by atoms with van der Waals surface area (Å²) in [6, 6.07) is 21.3. The Labute approximate surface area is 266 Å². The number of sulfonamides is 2. The standard InChI is InChI=1S/C30H29Cl2N5O5S2/c1-21-17-23(22(2)37(21)24-13-14-27(31)28(32)18-24)19-33-34-30(38)29-20-35(43(39,40)25-9-5-3-6-10-25)15-16-36(29)44(41,42)26-11-7-4-8-12-26/h3-14,17-19,29H,15-16,20H2,1-2H3,(H,34,38)/b33-19-/t29-/m1/s1. The van der Waals surface area contributed by atoms with Crippen molar-refractivity contribution in [1.82, 2.24) is 18.6 Å². The lowest BCUT2D eigenvalue weighted by molar-refractivity contribution is -0.125. The van der Waals surface area contributed by atoms with Crippen LogP contribution in [0.5, 0.6) is 0 Å². The number of aryl methyl sites for hydroxylation is 1. The normalized spacial score (nSPS) is 16.8. The van der Waals surface area contributed by atoms with Gasteiger partial charge in [0.05, 0.1) is 26.1 Å². The van der Waals surface area contributed by atoms with E-state index in [9.17, 15) is 21.6 Å². The summed E-state index contributed by atoms with van der Waals surface area (Å²) in [5.74, 6) is -0.771. The van der Waals surface area contributed by atoms with Crippen molar-refractivity contribution in [1.29, 1.82) is 0 Å². The highest BCUT2D eigenvalue weighted by Gasteiger charge is 2.43. The highest BCUT2D eigenvalue weighted by Crippen LogP contribution is 2.28. The second kappa shape index (κ2) is 12.8. The summed E-state index contributed by atoms with van der Waals surface area (Å²) in [6.45, 7) is 3.03. The van der Waals surface area contributed by atoms with Gasteiger partial charge in [-0.25, -0.2) is 22.3 Å². The van der Waals surface area contributed by atoms with Gasteiger partial charge in [-0.1, -0.05) is 59.6 Å². The fourth-order valence-corrected chi connectivity index (χ4v) is 8.45. The smallest absolute Gasteiger partial charge is 0.259 e. The predicted molar refractivity (Wildman–Crippen MR) is 170 cm³/mol. The number of nitrogens with one attached hydrogen (secondary N) is 1. The first-order valence-corrected chi connectivity index (χ1v) is 17.1. The number of nitrogens with zero attached hydrogens (tertiary/aromatic N) is 4. The second-order valence-electron chi connectivity index (χ2n) is 10.1. The number of carbonyl (C=O) groups excluding carboxylic acids is 1. The minimum absolute atomic E-state index is 0.00425. The van der Waals surface area contributed by atoms with E-state index in [1.165, 1.54) is 30.5 Å². The van der Waals surface area contributed by atoms with Gasteiger partial charge in [-0.3, -0.25) is 4.79 Å². The Bertz CT molecular complexity index is 1930. The average molecular weight is 675 g/mol. The number of piperazine rings is 1. The first-order chi connectivity index (χ1) is 20.9. The van der Waals surface area contributed by atoms with Crippen LogP contribution < -0.4 is 5.43 Å². The lowest BCUT2D eigenvalue weighted by Crippen LogP contribution is -2.60. The minimum atomic E-state index is -4.14. The maximum atomic E-state index is 13.6. The molecule has 1 fully saturated rings. The third-order valence-corrected chi connectivity index (χ3v) is 11.9. The molecule has 0 saturated carbocycles. The van der Waals surface area contributed by atoms with Crippen molar-refractivity contribution in [2.45, 2.75) is 29.7 Å². The average Bonchev–Trinajstić information content (AvgIpc) is 3.31. The van der Waals surface area contributed by atoms with Crippen molar-refractivity contribution in [3.63, 3.8) is 0 Å². The first-order valence-electron chi connectivity index (χ1n) is 13.5. The van der Waals surface area contributed by atoms with Crippen molar-refractivity contribution >= 4 is 55.4 Å². The molecule has 1 atom stereocenters. The molecule has 5 rings (SSSR count). The van der Waals surface area contributed by atoms with E-state index in [2.05, 4.69) is 10.5 Å². The van der Waals surface area contributed by atoms with Crippen LogP contribution in [-0.2, 0) is 24.8 Å². The lowest BCUT2D eigenvalue weighted by atomic mass is 10.2. The molecular formula is C30H29Cl2N5O5S2. The van der Waals surface area contributed by atoms with E-state index in [0.29, 0.717) is 15.6 Å². The van der Waals surface area contributed by atoms with Crippen molar-refractivity contribution in [3.05, 3.63) is 112 Å². The highest BCUT2D eigenvalue weighted by molar-refractivity contribution is 7.89. The minimum Gasteiger partial charge on any atom is -0.318 e. The molecule has 1 aliphatic heterocycles. The number of halogens is 2. The van der Waals surface area contributed by atoms with Gasteiger partial charge in [0.1, 0.15) is 6.04 Å². The van der Waals surface area contributed by atoms with Gasteiger partial charge < -0.3 is 4.57 Å². The van der Waals surface area contributed by atoms with Gasteiger partial charge in [-0.15, -0.1) is 0 Å². The Morgan fingerprint density at radius 1 is 0.841 bits per heavy atom. The van der Waals surface area contributed by atoms with E-state index in [1.807, 2.05) is 30.5 Å². The molecule has 2 heterocycles. The third kappa shape index (κ3) is 6.32. The number of hydrogen-bond donors (Lipinski definition) is 1. The molecular weight excluding hydrogens is 645 g/mol. The van der Waals surface area contributed by atoms with Crippen LogP contribution in [0.15, 0.2) is 99.8 Å². The molecule has 1 N–H and O–H groups in total. The fraction of sp³-hybridized carbons (Fsp3) is 0.200. The Hall–Kier alpha value is -3.52. The monoisotopic (exact) mass is 673 g/mol. The van der Waals surface area contributed by atoms with E-state index >= 15 is 0 Å². The van der Waals surface area contributed by atoms with Crippen LogP contribution in [-0.4, -0.2) is 67.8 Å². The van der Waals surface area contributed by atoms with Gasteiger partial charge >= 0.3 is 0 Å². The Balaban J connectivity index is 1.42. The summed E-state index contributed by atoms with van der Waals surface area (Å²) < 4.78 is 58.1. The van der Waals surface area contributed by atoms with E-state index < -0.39 is 38.5 Å². The zero-order valence-electron chi connectivity index (χ0n) is 23.8. The molecule has 10 nitrogen and oxygen atoms in total. The zero-order chi connectivity index (χ0) is 31.6. The van der Waals surface area contributed by atoms with Gasteiger partial charge in [-0.2, -0.15) is 13.7 Å². The summed E-state index contributed by atoms with van der Waals surface area (Å²) in [4.78, 5) is 13.6. The molecule has 0 bridgehead atoms. The van der Waals surface area contributed by atoms with Crippen LogP contribution in [0.25, 0.3) is 5.69 Å². The quantitative estimate of drug-likeness (QED) is 0.216. The molecule has 1 aliphatic rings. The van der Waals surface area contributed by atoms with Crippen molar-refractivity contribution in [3.8, 4) is 5.69 Å². The molecule has 230 valence electrons. The number of aromatic nitrogens is 1. The molecule has 4 aromatic rings. The van der Waals surface area contributed by atoms with Gasteiger partial charge in [0.25, 0.3) is 5.91 Å². The molecule has 0 spiro atoms. The first kappa shape index (κ1) is 31.9. The molecule has 1 amide bonds. The van der Waals surface area contributed by atoms with Crippen LogP contribution in [0.3, 0.4) is 0 Å². The highest BCUT2D eigenvalue weighted by atomic mass is 35.5. The zero-order valence-corrected chi connectivity index (χ0v) is 26.9. The molecule has 1 saturated heterocycles.